The monoisotopic (exact) mass is 364 g/mol. The van der Waals surface area contributed by atoms with Gasteiger partial charge in [0.15, 0.2) is 5.12 Å². The number of thioether (sulfide) groups is 1. The predicted molar refractivity (Wildman–Crippen MR) is 97.0 cm³/mol. The van der Waals surface area contributed by atoms with Crippen LogP contribution in [0.25, 0.3) is 0 Å². The number of carbonyl (C=O) groups excluding carboxylic acids is 1. The van der Waals surface area contributed by atoms with E-state index in [9.17, 15) is 4.79 Å². The molecule has 0 amide bonds. The molecule has 0 aromatic carbocycles. The SMILES string of the molecule is CCCCCCCCC(=O)SCCCCCCCCBr. The van der Waals surface area contributed by atoms with Crippen molar-refractivity contribution in [3.8, 4) is 0 Å². The van der Waals surface area contributed by atoms with E-state index in [-0.39, 0.29) is 0 Å². The summed E-state index contributed by atoms with van der Waals surface area (Å²) in [6.07, 6.45) is 16.2. The zero-order valence-corrected chi connectivity index (χ0v) is 15.7. The Morgan fingerprint density at radius 3 is 2.00 bits per heavy atom. The second-order valence-corrected chi connectivity index (χ2v) is 7.49. The Hall–Kier alpha value is 0.500. The number of hydrogen-bond acceptors (Lipinski definition) is 2. The van der Waals surface area contributed by atoms with Crippen molar-refractivity contribution in [1.29, 1.82) is 0 Å². The second-order valence-electron chi connectivity index (χ2n) is 5.55. The quantitative estimate of drug-likeness (QED) is 0.236. The van der Waals surface area contributed by atoms with Crippen LogP contribution in [0, 0.1) is 0 Å². The maximum Gasteiger partial charge on any atom is 0.188 e. The van der Waals surface area contributed by atoms with Gasteiger partial charge in [0, 0.05) is 17.5 Å². The largest absolute Gasteiger partial charge is 0.287 e. The molecular formula is C17H33BrOS. The number of unbranched alkanes of at least 4 members (excludes halogenated alkanes) is 10. The molecule has 0 aromatic heterocycles. The molecule has 3 heteroatoms. The van der Waals surface area contributed by atoms with Crippen LogP contribution in [-0.2, 0) is 4.79 Å². The highest BCUT2D eigenvalue weighted by Gasteiger charge is 2.02. The lowest BCUT2D eigenvalue weighted by Crippen LogP contribution is -1.94. The molecule has 0 N–H and O–H groups in total. The van der Waals surface area contributed by atoms with Crippen LogP contribution in [0.5, 0.6) is 0 Å². The van der Waals surface area contributed by atoms with Gasteiger partial charge < -0.3 is 0 Å². The minimum Gasteiger partial charge on any atom is -0.287 e. The molecule has 0 unspecified atom stereocenters. The van der Waals surface area contributed by atoms with E-state index in [1.807, 2.05) is 0 Å². The lowest BCUT2D eigenvalue weighted by atomic mass is 10.1. The highest BCUT2D eigenvalue weighted by atomic mass is 79.9. The third-order valence-electron chi connectivity index (χ3n) is 3.53. The first-order chi connectivity index (χ1) is 9.81. The van der Waals surface area contributed by atoms with Gasteiger partial charge in [-0.15, -0.1) is 0 Å². The van der Waals surface area contributed by atoms with Crippen molar-refractivity contribution in [2.24, 2.45) is 0 Å². The first kappa shape index (κ1) is 20.5. The van der Waals surface area contributed by atoms with Crippen molar-refractivity contribution in [1.82, 2.24) is 0 Å². The van der Waals surface area contributed by atoms with Crippen molar-refractivity contribution in [2.45, 2.75) is 90.4 Å². The molecule has 0 spiro atoms. The molecule has 0 saturated carbocycles. The fourth-order valence-corrected chi connectivity index (χ4v) is 3.47. The van der Waals surface area contributed by atoms with Crippen LogP contribution in [0.1, 0.15) is 90.4 Å². The molecular weight excluding hydrogens is 332 g/mol. The molecule has 0 saturated heterocycles. The Bertz CT molecular complexity index is 209. The third kappa shape index (κ3) is 16.6. The Morgan fingerprint density at radius 2 is 1.35 bits per heavy atom. The fourth-order valence-electron chi connectivity index (χ4n) is 2.21. The summed E-state index contributed by atoms with van der Waals surface area (Å²) in [5.74, 6) is 1.03. The van der Waals surface area contributed by atoms with Crippen molar-refractivity contribution in [3.05, 3.63) is 0 Å². The van der Waals surface area contributed by atoms with Gasteiger partial charge in [0.2, 0.25) is 0 Å². The standard InChI is InChI=1S/C17H33BrOS/c1-2-3-4-5-8-11-14-17(19)20-16-13-10-7-6-9-12-15-18/h2-16H2,1H3. The average Bonchev–Trinajstić information content (AvgIpc) is 2.45. The Kier molecular flexibility index (Phi) is 18.0. The van der Waals surface area contributed by atoms with Gasteiger partial charge in [-0.1, -0.05) is 92.4 Å². The van der Waals surface area contributed by atoms with E-state index < -0.39 is 0 Å². The molecule has 0 radical (unpaired) electrons. The maximum atomic E-state index is 11.7. The minimum atomic E-state index is 0.416. The van der Waals surface area contributed by atoms with Crippen LogP contribution >= 0.6 is 27.7 Å². The van der Waals surface area contributed by atoms with Crippen molar-refractivity contribution in [2.75, 3.05) is 11.1 Å². The highest BCUT2D eigenvalue weighted by Crippen LogP contribution is 2.15. The summed E-state index contributed by atoms with van der Waals surface area (Å²) < 4.78 is 0. The molecule has 0 aromatic rings. The Balaban J connectivity index is 3.12. The van der Waals surface area contributed by atoms with Crippen molar-refractivity contribution >= 4 is 32.8 Å². The number of alkyl halides is 1. The van der Waals surface area contributed by atoms with Gasteiger partial charge in [-0.25, -0.2) is 0 Å². The molecule has 0 aliphatic rings. The molecule has 1 nitrogen and oxygen atoms in total. The van der Waals surface area contributed by atoms with Gasteiger partial charge >= 0.3 is 0 Å². The summed E-state index contributed by atoms with van der Waals surface area (Å²) in [5.41, 5.74) is 0. The van der Waals surface area contributed by atoms with Crippen LogP contribution in [0.2, 0.25) is 0 Å². The van der Waals surface area contributed by atoms with Crippen LogP contribution < -0.4 is 0 Å². The van der Waals surface area contributed by atoms with Gasteiger partial charge in [-0.2, -0.15) is 0 Å². The van der Waals surface area contributed by atoms with Gasteiger partial charge in [0.1, 0.15) is 0 Å². The zero-order valence-electron chi connectivity index (χ0n) is 13.3. The fraction of sp³-hybridized carbons (Fsp3) is 0.941. The van der Waals surface area contributed by atoms with E-state index in [1.54, 1.807) is 11.8 Å². The van der Waals surface area contributed by atoms with Crippen LogP contribution in [0.4, 0.5) is 0 Å². The summed E-state index contributed by atoms with van der Waals surface area (Å²) >= 11 is 5.02. The zero-order chi connectivity index (χ0) is 14.9. The Morgan fingerprint density at radius 1 is 0.800 bits per heavy atom. The van der Waals surface area contributed by atoms with Crippen molar-refractivity contribution < 1.29 is 4.79 Å². The van der Waals surface area contributed by atoms with E-state index in [2.05, 4.69) is 22.9 Å². The summed E-state index contributed by atoms with van der Waals surface area (Å²) in [4.78, 5) is 11.7. The number of carbonyl (C=O) groups is 1. The van der Waals surface area contributed by atoms with E-state index >= 15 is 0 Å². The molecule has 0 fully saturated rings. The smallest absolute Gasteiger partial charge is 0.188 e. The van der Waals surface area contributed by atoms with E-state index in [4.69, 9.17) is 0 Å². The van der Waals surface area contributed by atoms with Crippen LogP contribution in [0.15, 0.2) is 0 Å². The molecule has 0 bridgehead atoms. The van der Waals surface area contributed by atoms with Crippen LogP contribution in [-0.4, -0.2) is 16.2 Å². The first-order valence-electron chi connectivity index (χ1n) is 8.52. The maximum absolute atomic E-state index is 11.7. The summed E-state index contributed by atoms with van der Waals surface area (Å²) in [6.45, 7) is 2.24. The van der Waals surface area contributed by atoms with Gasteiger partial charge in [0.25, 0.3) is 0 Å². The van der Waals surface area contributed by atoms with Crippen molar-refractivity contribution in [3.63, 3.8) is 0 Å². The number of rotatable bonds is 15. The normalized spacial score (nSPS) is 10.9. The third-order valence-corrected chi connectivity index (χ3v) is 5.11. The van der Waals surface area contributed by atoms with E-state index in [1.165, 1.54) is 70.6 Å². The molecule has 20 heavy (non-hydrogen) atoms. The lowest BCUT2D eigenvalue weighted by molar-refractivity contribution is -0.111. The second kappa shape index (κ2) is 17.6. The lowest BCUT2D eigenvalue weighted by Gasteiger charge is -2.02. The molecule has 0 heterocycles. The minimum absolute atomic E-state index is 0.416. The van der Waals surface area contributed by atoms with E-state index in [0.717, 1.165) is 23.9 Å². The summed E-state index contributed by atoms with van der Waals surface area (Å²) in [6, 6.07) is 0. The first-order valence-corrected chi connectivity index (χ1v) is 10.6. The molecule has 0 aliphatic heterocycles. The summed E-state index contributed by atoms with van der Waals surface area (Å²) in [7, 11) is 0. The number of hydrogen-bond donors (Lipinski definition) is 0. The van der Waals surface area contributed by atoms with Gasteiger partial charge in [-0.3, -0.25) is 4.79 Å². The molecule has 0 atom stereocenters. The Labute approximate surface area is 139 Å². The van der Waals surface area contributed by atoms with E-state index in [0.29, 0.717) is 5.12 Å². The molecule has 0 aliphatic carbocycles. The highest BCUT2D eigenvalue weighted by molar-refractivity contribution is 9.09. The van der Waals surface area contributed by atoms with Gasteiger partial charge in [0.05, 0.1) is 0 Å². The topological polar surface area (TPSA) is 17.1 Å². The molecule has 120 valence electrons. The predicted octanol–water partition coefficient (Wildman–Crippen LogP) is 6.73. The van der Waals surface area contributed by atoms with Gasteiger partial charge in [-0.05, 0) is 19.3 Å². The number of halogens is 1. The molecule has 0 rings (SSSR count). The van der Waals surface area contributed by atoms with Crippen LogP contribution in [0.3, 0.4) is 0 Å². The average molecular weight is 365 g/mol. The summed E-state index contributed by atoms with van der Waals surface area (Å²) in [5, 5.41) is 1.55.